The van der Waals surface area contributed by atoms with Gasteiger partial charge in [0.1, 0.15) is 15.9 Å². The molecule has 7 heteroatoms. The van der Waals surface area contributed by atoms with Crippen molar-refractivity contribution in [2.24, 2.45) is 0 Å². The average Bonchev–Trinajstić information content (AvgIpc) is 2.86. The summed E-state index contributed by atoms with van der Waals surface area (Å²) in [5.74, 6) is -0.162. The normalized spacial score (nSPS) is 14.4. The van der Waals surface area contributed by atoms with Crippen molar-refractivity contribution in [2.45, 2.75) is 39.0 Å². The number of hydrogen-bond acceptors (Lipinski definition) is 4. The molecule has 1 aromatic heterocycles. The third kappa shape index (κ3) is 4.46. The molecule has 1 aliphatic rings. The summed E-state index contributed by atoms with van der Waals surface area (Å²) in [6.45, 7) is 4.40. The smallest absolute Gasteiger partial charge is 0.262 e. The quantitative estimate of drug-likeness (QED) is 0.615. The molecule has 148 valence electrons. The summed E-state index contributed by atoms with van der Waals surface area (Å²) in [6.07, 6.45) is 5.43. The van der Waals surface area contributed by atoms with Crippen LogP contribution in [0.15, 0.2) is 18.2 Å². The largest absolute Gasteiger partial charge is 0.362 e. The predicted molar refractivity (Wildman–Crippen MR) is 118 cm³/mol. The van der Waals surface area contributed by atoms with Crippen LogP contribution in [0.3, 0.4) is 0 Å². The van der Waals surface area contributed by atoms with Gasteiger partial charge in [-0.3, -0.25) is 4.79 Å². The zero-order valence-electron chi connectivity index (χ0n) is 15.9. The highest BCUT2D eigenvalue weighted by atomic mass is 35.5. The van der Waals surface area contributed by atoms with Crippen LogP contribution in [0.25, 0.3) is 11.1 Å². The van der Waals surface area contributed by atoms with Crippen LogP contribution in [0.2, 0.25) is 10.0 Å². The Bertz CT molecular complexity index is 896. The van der Waals surface area contributed by atoms with Crippen LogP contribution in [-0.2, 0) is 0 Å². The number of benzene rings is 1. The topological polar surface area (TPSA) is 56.1 Å². The number of nitriles is 1. The molecule has 2 aromatic rings. The van der Waals surface area contributed by atoms with E-state index in [9.17, 15) is 10.1 Å². The molecule has 0 aliphatic carbocycles. The minimum atomic E-state index is -0.162. The molecular formula is C21H23Cl2N3OS. The molecule has 4 nitrogen and oxygen atoms in total. The summed E-state index contributed by atoms with van der Waals surface area (Å²) >= 11 is 13.9. The van der Waals surface area contributed by atoms with E-state index in [-0.39, 0.29) is 5.91 Å². The summed E-state index contributed by atoms with van der Waals surface area (Å²) in [6, 6.07) is 7.53. The van der Waals surface area contributed by atoms with Gasteiger partial charge >= 0.3 is 0 Å². The van der Waals surface area contributed by atoms with Gasteiger partial charge in [-0.15, -0.1) is 11.3 Å². The molecule has 0 bridgehead atoms. The molecule has 2 heterocycles. The van der Waals surface area contributed by atoms with E-state index >= 15 is 0 Å². The van der Waals surface area contributed by atoms with Crippen LogP contribution in [0.1, 0.15) is 54.3 Å². The fourth-order valence-corrected chi connectivity index (χ4v) is 5.18. The Hall–Kier alpha value is -1.74. The van der Waals surface area contributed by atoms with E-state index in [4.69, 9.17) is 23.2 Å². The second kappa shape index (κ2) is 9.65. The van der Waals surface area contributed by atoms with Crippen molar-refractivity contribution in [1.29, 1.82) is 5.26 Å². The summed E-state index contributed by atoms with van der Waals surface area (Å²) in [7, 11) is 0. The Kier molecular flexibility index (Phi) is 7.23. The van der Waals surface area contributed by atoms with E-state index in [0.29, 0.717) is 38.2 Å². The second-order valence-electron chi connectivity index (χ2n) is 6.88. The standard InChI is InChI=1S/C21H23Cl2N3OS/c1-2-9-25-20(27)19-18(15-8-7-14(22)12-17(15)23)16(13-24)21(28-19)26-10-5-3-4-6-11-26/h7-8,12H,2-6,9-11H2,1H3,(H,25,27). The predicted octanol–water partition coefficient (Wildman–Crippen LogP) is 6.11. The lowest BCUT2D eigenvalue weighted by Crippen LogP contribution is -2.24. The summed E-state index contributed by atoms with van der Waals surface area (Å²) in [4.78, 5) is 15.7. The first-order valence-corrected chi connectivity index (χ1v) is 11.2. The van der Waals surface area contributed by atoms with Crippen molar-refractivity contribution in [1.82, 2.24) is 5.32 Å². The van der Waals surface area contributed by atoms with Crippen molar-refractivity contribution in [2.75, 3.05) is 24.5 Å². The van der Waals surface area contributed by atoms with Gasteiger partial charge in [0.25, 0.3) is 5.91 Å². The van der Waals surface area contributed by atoms with Gasteiger partial charge in [-0.05, 0) is 31.4 Å². The Labute approximate surface area is 180 Å². The van der Waals surface area contributed by atoms with Crippen LogP contribution in [-0.4, -0.2) is 25.5 Å². The van der Waals surface area contributed by atoms with E-state index in [1.54, 1.807) is 18.2 Å². The SMILES string of the molecule is CCCNC(=O)c1sc(N2CCCCCC2)c(C#N)c1-c1ccc(Cl)cc1Cl. The zero-order valence-corrected chi connectivity index (χ0v) is 18.2. The third-order valence-electron chi connectivity index (χ3n) is 4.84. The maximum absolute atomic E-state index is 12.9. The number of nitrogens with one attached hydrogen (secondary N) is 1. The number of thiophene rings is 1. The van der Waals surface area contributed by atoms with Gasteiger partial charge in [-0.2, -0.15) is 5.26 Å². The zero-order chi connectivity index (χ0) is 20.1. The van der Waals surface area contributed by atoms with E-state index in [1.807, 2.05) is 6.92 Å². The number of hydrogen-bond donors (Lipinski definition) is 1. The molecule has 1 N–H and O–H groups in total. The Balaban J connectivity index is 2.16. The van der Waals surface area contributed by atoms with Crippen LogP contribution in [0.5, 0.6) is 0 Å². The third-order valence-corrected chi connectivity index (χ3v) is 6.63. The molecule has 1 saturated heterocycles. The molecule has 3 rings (SSSR count). The number of carbonyl (C=O) groups is 1. The van der Waals surface area contributed by atoms with Crippen LogP contribution < -0.4 is 10.2 Å². The lowest BCUT2D eigenvalue weighted by Gasteiger charge is -2.21. The lowest BCUT2D eigenvalue weighted by molar-refractivity contribution is 0.0958. The molecule has 0 radical (unpaired) electrons. The highest BCUT2D eigenvalue weighted by Gasteiger charge is 2.28. The van der Waals surface area contributed by atoms with E-state index in [1.165, 1.54) is 24.2 Å². The molecule has 1 fully saturated rings. The minimum absolute atomic E-state index is 0.162. The van der Waals surface area contributed by atoms with Crippen molar-refractivity contribution in [3.63, 3.8) is 0 Å². The van der Waals surface area contributed by atoms with Gasteiger partial charge in [-0.25, -0.2) is 0 Å². The number of halogens is 2. The van der Waals surface area contributed by atoms with E-state index in [2.05, 4.69) is 16.3 Å². The first kappa shape index (κ1) is 21.0. The minimum Gasteiger partial charge on any atom is -0.362 e. The number of amides is 1. The monoisotopic (exact) mass is 435 g/mol. The fourth-order valence-electron chi connectivity index (χ4n) is 3.45. The highest BCUT2D eigenvalue weighted by molar-refractivity contribution is 7.19. The fraction of sp³-hybridized carbons (Fsp3) is 0.429. The Morgan fingerprint density at radius 2 is 1.96 bits per heavy atom. The first-order valence-electron chi connectivity index (χ1n) is 9.62. The Morgan fingerprint density at radius 3 is 2.57 bits per heavy atom. The van der Waals surface area contributed by atoms with Crippen molar-refractivity contribution >= 4 is 45.4 Å². The van der Waals surface area contributed by atoms with Gasteiger partial charge in [0.05, 0.1) is 5.56 Å². The van der Waals surface area contributed by atoms with Gasteiger partial charge in [-0.1, -0.05) is 49.0 Å². The van der Waals surface area contributed by atoms with Gasteiger partial charge < -0.3 is 10.2 Å². The molecule has 1 aromatic carbocycles. The lowest BCUT2D eigenvalue weighted by atomic mass is 10.0. The van der Waals surface area contributed by atoms with Gasteiger partial charge in [0.15, 0.2) is 0 Å². The molecule has 0 unspecified atom stereocenters. The van der Waals surface area contributed by atoms with Gasteiger partial charge in [0, 0.05) is 40.8 Å². The summed E-state index contributed by atoms with van der Waals surface area (Å²) in [5.41, 5.74) is 1.81. The molecule has 0 spiro atoms. The summed E-state index contributed by atoms with van der Waals surface area (Å²) in [5, 5.41) is 14.8. The van der Waals surface area contributed by atoms with Crippen molar-refractivity contribution < 1.29 is 4.79 Å². The second-order valence-corrected chi connectivity index (χ2v) is 8.72. The number of anilines is 1. The van der Waals surface area contributed by atoms with E-state index in [0.717, 1.165) is 37.4 Å². The van der Waals surface area contributed by atoms with Crippen molar-refractivity contribution in [3.05, 3.63) is 38.7 Å². The molecule has 28 heavy (non-hydrogen) atoms. The molecular weight excluding hydrogens is 413 g/mol. The number of carbonyl (C=O) groups excluding carboxylic acids is 1. The van der Waals surface area contributed by atoms with Crippen LogP contribution in [0.4, 0.5) is 5.00 Å². The van der Waals surface area contributed by atoms with Crippen molar-refractivity contribution in [3.8, 4) is 17.2 Å². The molecule has 1 amide bonds. The molecule has 1 aliphatic heterocycles. The first-order chi connectivity index (χ1) is 13.6. The van der Waals surface area contributed by atoms with Crippen LogP contribution in [0, 0.1) is 11.3 Å². The molecule has 0 saturated carbocycles. The van der Waals surface area contributed by atoms with Crippen LogP contribution >= 0.6 is 34.5 Å². The number of rotatable bonds is 5. The highest BCUT2D eigenvalue weighted by Crippen LogP contribution is 2.45. The maximum atomic E-state index is 12.9. The molecule has 0 atom stereocenters. The number of nitrogens with zero attached hydrogens (tertiary/aromatic N) is 2. The Morgan fingerprint density at radius 1 is 1.25 bits per heavy atom. The average molecular weight is 436 g/mol. The van der Waals surface area contributed by atoms with Gasteiger partial charge in [0.2, 0.25) is 0 Å². The maximum Gasteiger partial charge on any atom is 0.262 e. The van der Waals surface area contributed by atoms with E-state index < -0.39 is 0 Å². The summed E-state index contributed by atoms with van der Waals surface area (Å²) < 4.78 is 0.